The van der Waals surface area contributed by atoms with Crippen molar-refractivity contribution < 1.29 is 0 Å². The normalized spacial score (nSPS) is 12.4. The Hall–Kier alpha value is -4.54. The van der Waals surface area contributed by atoms with Gasteiger partial charge in [-0.3, -0.25) is 4.40 Å². The Balaban J connectivity index is 1.44. The number of hydrogen-bond acceptors (Lipinski definition) is 3. The minimum Gasteiger partial charge on any atom is -0.291 e. The maximum absolute atomic E-state index is 5.23. The molecule has 9 rings (SSSR count). The molecular formula is C32H17N3S. The number of benzene rings is 5. The van der Waals surface area contributed by atoms with Crippen LogP contribution in [0, 0.1) is 0 Å². The van der Waals surface area contributed by atoms with Crippen LogP contribution in [0.25, 0.3) is 80.7 Å². The molecule has 4 aromatic heterocycles. The first-order valence-corrected chi connectivity index (χ1v) is 12.9. The average Bonchev–Trinajstić information content (AvgIpc) is 3.57. The maximum atomic E-state index is 5.23. The van der Waals surface area contributed by atoms with Crippen molar-refractivity contribution in [2.24, 2.45) is 0 Å². The van der Waals surface area contributed by atoms with Gasteiger partial charge in [-0.15, -0.1) is 11.3 Å². The molecule has 0 amide bonds. The Bertz CT molecular complexity index is 2310. The van der Waals surface area contributed by atoms with Crippen molar-refractivity contribution in [2.45, 2.75) is 0 Å². The molecule has 0 spiro atoms. The van der Waals surface area contributed by atoms with Gasteiger partial charge in [0.15, 0.2) is 5.65 Å². The molecule has 0 saturated carbocycles. The van der Waals surface area contributed by atoms with Crippen LogP contribution in [0.4, 0.5) is 0 Å². The highest BCUT2D eigenvalue weighted by molar-refractivity contribution is 7.25. The summed E-state index contributed by atoms with van der Waals surface area (Å²) in [5.41, 5.74) is 8.48. The minimum atomic E-state index is 0.917. The lowest BCUT2D eigenvalue weighted by Gasteiger charge is -2.04. The number of para-hydroxylation sites is 1. The van der Waals surface area contributed by atoms with Crippen molar-refractivity contribution >= 4 is 80.9 Å². The summed E-state index contributed by atoms with van der Waals surface area (Å²) in [5, 5.41) is 6.34. The van der Waals surface area contributed by atoms with Crippen LogP contribution in [0.5, 0.6) is 0 Å². The predicted molar refractivity (Wildman–Crippen MR) is 153 cm³/mol. The summed E-state index contributed by atoms with van der Waals surface area (Å²) in [6.45, 7) is 0. The molecule has 166 valence electrons. The van der Waals surface area contributed by atoms with Gasteiger partial charge in [0.1, 0.15) is 5.52 Å². The second-order valence-corrected chi connectivity index (χ2v) is 10.6. The molecule has 36 heavy (non-hydrogen) atoms. The summed E-state index contributed by atoms with van der Waals surface area (Å²) >= 11 is 1.86. The van der Waals surface area contributed by atoms with E-state index in [2.05, 4.69) is 101 Å². The quantitative estimate of drug-likeness (QED) is 0.237. The fourth-order valence-electron chi connectivity index (χ4n) is 5.89. The fraction of sp³-hybridized carbons (Fsp3) is 0. The van der Waals surface area contributed by atoms with Gasteiger partial charge in [0.2, 0.25) is 0 Å². The molecule has 9 aromatic rings. The molecule has 0 atom stereocenters. The zero-order valence-electron chi connectivity index (χ0n) is 19.1. The average molecular weight is 476 g/mol. The van der Waals surface area contributed by atoms with E-state index in [0.717, 1.165) is 33.1 Å². The predicted octanol–water partition coefficient (Wildman–Crippen LogP) is 8.81. The molecule has 0 fully saturated rings. The highest BCUT2D eigenvalue weighted by Gasteiger charge is 2.21. The lowest BCUT2D eigenvalue weighted by atomic mass is 10.1. The number of thiophene rings is 1. The maximum Gasteiger partial charge on any atom is 0.165 e. The first-order chi connectivity index (χ1) is 17.8. The Morgan fingerprint density at radius 1 is 0.528 bits per heavy atom. The van der Waals surface area contributed by atoms with Gasteiger partial charge in [-0.25, -0.2) is 9.97 Å². The number of rotatable bonds is 1. The fourth-order valence-corrected chi connectivity index (χ4v) is 7.01. The van der Waals surface area contributed by atoms with E-state index in [0.29, 0.717) is 0 Å². The number of hydrogen-bond donors (Lipinski definition) is 0. The van der Waals surface area contributed by atoms with Crippen molar-refractivity contribution in [1.29, 1.82) is 0 Å². The summed E-state index contributed by atoms with van der Waals surface area (Å²) in [6, 6.07) is 36.8. The van der Waals surface area contributed by atoms with Crippen LogP contribution >= 0.6 is 11.3 Å². The summed E-state index contributed by atoms with van der Waals surface area (Å²) < 4.78 is 4.96. The van der Waals surface area contributed by atoms with Gasteiger partial charge in [-0.2, -0.15) is 0 Å². The summed E-state index contributed by atoms with van der Waals surface area (Å²) in [7, 11) is 0. The van der Waals surface area contributed by atoms with E-state index in [1.165, 1.54) is 47.5 Å². The molecule has 0 aliphatic carbocycles. The molecule has 0 aliphatic heterocycles. The summed E-state index contributed by atoms with van der Waals surface area (Å²) in [6.07, 6.45) is 0. The van der Waals surface area contributed by atoms with E-state index in [4.69, 9.17) is 9.97 Å². The first kappa shape index (κ1) is 18.7. The van der Waals surface area contributed by atoms with Gasteiger partial charge in [0.05, 0.1) is 22.1 Å². The van der Waals surface area contributed by atoms with E-state index in [-0.39, 0.29) is 0 Å². The van der Waals surface area contributed by atoms with Gasteiger partial charge in [0.25, 0.3) is 0 Å². The number of fused-ring (bicyclic) bond motifs is 10. The lowest BCUT2D eigenvalue weighted by molar-refractivity contribution is 1.28. The number of nitrogens with zero attached hydrogens (tertiary/aromatic N) is 3. The first-order valence-electron chi connectivity index (χ1n) is 12.1. The third-order valence-corrected chi connectivity index (χ3v) is 8.64. The molecular weight excluding hydrogens is 458 g/mol. The van der Waals surface area contributed by atoms with Gasteiger partial charge in [-0.05, 0) is 41.5 Å². The molecule has 5 aromatic carbocycles. The van der Waals surface area contributed by atoms with Gasteiger partial charge in [-0.1, -0.05) is 72.8 Å². The molecule has 0 bridgehead atoms. The van der Waals surface area contributed by atoms with Crippen LogP contribution in [-0.2, 0) is 0 Å². The van der Waals surface area contributed by atoms with E-state index in [9.17, 15) is 0 Å². The Labute approximate surface area is 209 Å². The molecule has 0 aliphatic rings. The van der Waals surface area contributed by atoms with Crippen LogP contribution in [0.2, 0.25) is 0 Å². The van der Waals surface area contributed by atoms with Gasteiger partial charge in [0, 0.05) is 36.3 Å². The summed E-state index contributed by atoms with van der Waals surface area (Å²) in [4.78, 5) is 10.4. The zero-order valence-corrected chi connectivity index (χ0v) is 19.9. The van der Waals surface area contributed by atoms with E-state index in [1.807, 2.05) is 17.4 Å². The Kier molecular flexibility index (Phi) is 3.42. The monoisotopic (exact) mass is 475 g/mol. The third-order valence-electron chi connectivity index (χ3n) is 7.51. The molecule has 0 radical (unpaired) electrons. The topological polar surface area (TPSA) is 30.2 Å². The largest absolute Gasteiger partial charge is 0.291 e. The van der Waals surface area contributed by atoms with Crippen molar-refractivity contribution in [3.8, 4) is 11.1 Å². The highest BCUT2D eigenvalue weighted by atomic mass is 32.1. The van der Waals surface area contributed by atoms with Gasteiger partial charge >= 0.3 is 0 Å². The van der Waals surface area contributed by atoms with Crippen LogP contribution in [0.15, 0.2) is 103 Å². The third kappa shape index (κ3) is 2.32. The van der Waals surface area contributed by atoms with Crippen molar-refractivity contribution in [2.75, 3.05) is 0 Å². The molecule has 0 saturated heterocycles. The molecule has 0 unspecified atom stereocenters. The van der Waals surface area contributed by atoms with E-state index in [1.54, 1.807) is 0 Å². The second-order valence-electron chi connectivity index (χ2n) is 9.47. The van der Waals surface area contributed by atoms with Crippen molar-refractivity contribution in [3.63, 3.8) is 0 Å². The number of aromatic nitrogens is 3. The highest BCUT2D eigenvalue weighted by Crippen LogP contribution is 2.42. The lowest BCUT2D eigenvalue weighted by Crippen LogP contribution is -1.90. The second kappa shape index (κ2) is 6.56. The van der Waals surface area contributed by atoms with Crippen LogP contribution < -0.4 is 0 Å². The van der Waals surface area contributed by atoms with Crippen LogP contribution in [0.1, 0.15) is 0 Å². The molecule has 0 N–H and O–H groups in total. The van der Waals surface area contributed by atoms with Crippen molar-refractivity contribution in [1.82, 2.24) is 14.4 Å². The smallest absolute Gasteiger partial charge is 0.165 e. The SMILES string of the molecule is c1ccc(-c2ccc3nc4c5cccc6c7cc8c(cc7n(c4nc3c2)c65)sc2ccccc28)cc1. The van der Waals surface area contributed by atoms with Gasteiger partial charge < -0.3 is 0 Å². The van der Waals surface area contributed by atoms with E-state index < -0.39 is 0 Å². The van der Waals surface area contributed by atoms with E-state index >= 15 is 0 Å². The van der Waals surface area contributed by atoms with Crippen LogP contribution in [0.3, 0.4) is 0 Å². The van der Waals surface area contributed by atoms with Crippen LogP contribution in [-0.4, -0.2) is 14.4 Å². The van der Waals surface area contributed by atoms with Crippen molar-refractivity contribution in [3.05, 3.63) is 103 Å². The Morgan fingerprint density at radius 2 is 1.36 bits per heavy atom. The zero-order chi connectivity index (χ0) is 23.4. The minimum absolute atomic E-state index is 0.917. The molecule has 3 nitrogen and oxygen atoms in total. The molecule has 4 heterocycles. The summed E-state index contributed by atoms with van der Waals surface area (Å²) in [5.74, 6) is 0. The Morgan fingerprint density at radius 3 is 2.31 bits per heavy atom. The standard InChI is InChI=1S/C32H17N3S/c1-2-7-18(8-3-1)19-13-14-25-26(15-19)34-32-30(33-25)22-11-6-10-21-23-16-24-20-9-4-5-12-28(20)36-29(24)17-27(23)35(32)31(21)22/h1-17H. The molecule has 4 heteroatoms.